The van der Waals surface area contributed by atoms with Crippen LogP contribution >= 0.6 is 12.2 Å². The average molecular weight is 506 g/mol. The van der Waals surface area contributed by atoms with E-state index >= 15 is 0 Å². The predicted octanol–water partition coefficient (Wildman–Crippen LogP) is 4.56. The lowest BCUT2D eigenvalue weighted by molar-refractivity contribution is 0.0224. The Kier molecular flexibility index (Phi) is 7.67. The number of aromatic hydroxyl groups is 2. The second-order valence-electron chi connectivity index (χ2n) is 8.51. The number of rotatable bonds is 6. The van der Waals surface area contributed by atoms with Crippen LogP contribution in [0.25, 0.3) is 0 Å². The number of thiocarbonyl (C=S) groups is 1. The Bertz CT molecular complexity index is 1270. The highest BCUT2D eigenvalue weighted by Crippen LogP contribution is 2.56. The molecule has 186 valence electrons. The number of benzene rings is 3. The van der Waals surface area contributed by atoms with Gasteiger partial charge in [0, 0.05) is 28.8 Å². The van der Waals surface area contributed by atoms with Gasteiger partial charge in [-0.2, -0.15) is 0 Å². The Hall–Kier alpha value is -3.75. The summed E-state index contributed by atoms with van der Waals surface area (Å²) in [6.07, 6.45) is 3.97. The van der Waals surface area contributed by atoms with Crippen molar-refractivity contribution in [3.8, 4) is 23.0 Å². The zero-order valence-electron chi connectivity index (χ0n) is 19.5. The van der Waals surface area contributed by atoms with E-state index in [1.165, 1.54) is 24.3 Å². The van der Waals surface area contributed by atoms with Crippen molar-refractivity contribution in [2.75, 3.05) is 6.54 Å². The maximum Gasteiger partial charge on any atom is 0.340 e. The van der Waals surface area contributed by atoms with E-state index in [4.69, 9.17) is 20.9 Å². The van der Waals surface area contributed by atoms with Gasteiger partial charge in [-0.3, -0.25) is 0 Å². The molecule has 0 fully saturated rings. The molecule has 0 bridgehead atoms. The first kappa shape index (κ1) is 25.3. The van der Waals surface area contributed by atoms with Gasteiger partial charge < -0.3 is 31.2 Å². The summed E-state index contributed by atoms with van der Waals surface area (Å²) in [5.74, 6) is 0.408. The van der Waals surface area contributed by atoms with E-state index in [0.29, 0.717) is 33.8 Å². The molecule has 1 spiro atoms. The van der Waals surface area contributed by atoms with Gasteiger partial charge in [-0.05, 0) is 68.4 Å². The van der Waals surface area contributed by atoms with Crippen molar-refractivity contribution in [1.29, 1.82) is 0 Å². The minimum absolute atomic E-state index is 0.0371. The molecule has 0 aliphatic carbocycles. The highest BCUT2D eigenvalue weighted by atomic mass is 32.1. The lowest BCUT2D eigenvalue weighted by Crippen LogP contribution is -2.32. The number of carbonyl (C=O) groups excluding carboxylic acids is 1. The van der Waals surface area contributed by atoms with Crippen molar-refractivity contribution in [1.82, 2.24) is 0 Å². The molecule has 36 heavy (non-hydrogen) atoms. The van der Waals surface area contributed by atoms with Crippen LogP contribution in [0, 0.1) is 0 Å². The lowest BCUT2D eigenvalue weighted by Gasteiger charge is -2.36. The van der Waals surface area contributed by atoms with Crippen molar-refractivity contribution in [3.63, 3.8) is 0 Å². The van der Waals surface area contributed by atoms with E-state index < -0.39 is 11.6 Å². The number of carbonyl (C=O) groups is 1. The number of unbranched alkanes of at least 4 members (excludes halogenated alkanes) is 2. The van der Waals surface area contributed by atoms with Crippen LogP contribution in [0.4, 0.5) is 0 Å². The summed E-state index contributed by atoms with van der Waals surface area (Å²) in [5, 5.41) is 21.9. The second-order valence-corrected chi connectivity index (χ2v) is 8.69. The molecule has 9 heteroatoms. The number of nitrogens with two attached hydrogens (primary N) is 2. The maximum absolute atomic E-state index is 12.5. The molecule has 5 rings (SSSR count). The van der Waals surface area contributed by atoms with Crippen LogP contribution in [0.2, 0.25) is 0 Å². The number of hydrogen-bond acceptors (Lipinski definition) is 9. The van der Waals surface area contributed by atoms with Crippen LogP contribution in [0.5, 0.6) is 23.0 Å². The van der Waals surface area contributed by atoms with Crippen molar-refractivity contribution < 1.29 is 24.5 Å². The summed E-state index contributed by atoms with van der Waals surface area (Å²) in [5.41, 5.74) is 12.1. The molecule has 0 saturated carbocycles. The molecule has 3 aromatic rings. The molecule has 1 atom stereocenters. The molecular weight excluding hydrogens is 478 g/mol. The average Bonchev–Trinajstić information content (AvgIpc) is 3.15. The third-order valence-electron chi connectivity index (χ3n) is 6.10. The first-order valence-electron chi connectivity index (χ1n) is 11.6. The number of esters is 1. The monoisotopic (exact) mass is 505 g/mol. The second kappa shape index (κ2) is 10.9. The first-order chi connectivity index (χ1) is 17.4. The Morgan fingerprint density at radius 3 is 2.19 bits per heavy atom. The molecule has 2 aliphatic rings. The molecule has 6 N–H and O–H groups in total. The van der Waals surface area contributed by atoms with Crippen LogP contribution in [0.15, 0.2) is 65.7 Å². The van der Waals surface area contributed by atoms with Gasteiger partial charge >= 0.3 is 5.97 Å². The smallest absolute Gasteiger partial charge is 0.340 e. The number of hydrogen-bond donors (Lipinski definition) is 4. The topological polar surface area (TPSA) is 140 Å². The van der Waals surface area contributed by atoms with Gasteiger partial charge in [0.1, 0.15) is 29.2 Å². The van der Waals surface area contributed by atoms with E-state index in [0.717, 1.165) is 32.2 Å². The molecule has 0 amide bonds. The van der Waals surface area contributed by atoms with E-state index in [9.17, 15) is 15.0 Å². The quantitative estimate of drug-likeness (QED) is 0.165. The zero-order valence-corrected chi connectivity index (χ0v) is 20.3. The normalized spacial score (nSPS) is 14.7. The van der Waals surface area contributed by atoms with Gasteiger partial charge in [0.25, 0.3) is 0 Å². The summed E-state index contributed by atoms with van der Waals surface area (Å²) in [4.78, 5) is 16.3. The fourth-order valence-electron chi connectivity index (χ4n) is 4.46. The minimum Gasteiger partial charge on any atom is -0.508 e. The van der Waals surface area contributed by atoms with Crippen molar-refractivity contribution in [3.05, 3.63) is 82.9 Å². The fraction of sp³-hybridized carbons (Fsp3) is 0.259. The molecule has 0 saturated heterocycles. The molecule has 8 nitrogen and oxygen atoms in total. The molecular formula is C27H27N3O5S. The molecule has 3 aromatic carbocycles. The number of fused-ring (bicyclic) bond motifs is 6. The molecule has 1 unspecified atom stereocenters. The minimum atomic E-state index is -1.17. The number of phenolic OH excluding ortho intramolecular Hbond substituents is 2. The van der Waals surface area contributed by atoms with Gasteiger partial charge in [0.15, 0.2) is 5.60 Å². The summed E-state index contributed by atoms with van der Waals surface area (Å²) in [6, 6.07) is 16.6. The van der Waals surface area contributed by atoms with Crippen molar-refractivity contribution >= 4 is 23.3 Å². The fourth-order valence-corrected chi connectivity index (χ4v) is 4.60. The highest BCUT2D eigenvalue weighted by Gasteiger charge is 2.53. The van der Waals surface area contributed by atoms with Crippen molar-refractivity contribution in [2.24, 2.45) is 16.5 Å². The van der Waals surface area contributed by atoms with Gasteiger partial charge in [-0.1, -0.05) is 24.6 Å². The van der Waals surface area contributed by atoms with Gasteiger partial charge in [-0.25, -0.2) is 9.79 Å². The van der Waals surface area contributed by atoms with Crippen LogP contribution in [0.3, 0.4) is 0 Å². The predicted molar refractivity (Wildman–Crippen MR) is 139 cm³/mol. The largest absolute Gasteiger partial charge is 0.508 e. The Morgan fingerprint density at radius 1 is 0.944 bits per heavy atom. The third-order valence-corrected chi connectivity index (χ3v) is 6.21. The first-order valence-corrected chi connectivity index (χ1v) is 12.0. The number of ether oxygens (including phenoxy) is 2. The van der Waals surface area contributed by atoms with E-state index in [1.54, 1.807) is 24.3 Å². The van der Waals surface area contributed by atoms with Gasteiger partial charge in [0.2, 0.25) is 0 Å². The Morgan fingerprint density at radius 2 is 1.58 bits per heavy atom. The maximum atomic E-state index is 12.5. The summed E-state index contributed by atoms with van der Waals surface area (Å²) >= 11 is 4.41. The van der Waals surface area contributed by atoms with E-state index in [-0.39, 0.29) is 17.7 Å². The van der Waals surface area contributed by atoms with Crippen LogP contribution < -0.4 is 16.2 Å². The number of nitrogens with zero attached hydrogens (tertiary/aromatic N) is 1. The number of phenols is 2. The zero-order chi connectivity index (χ0) is 25.7. The Balaban J connectivity index is 0.000000237. The summed E-state index contributed by atoms with van der Waals surface area (Å²) < 4.78 is 11.8. The number of isothiocyanates is 1. The number of aliphatic imine (C=N–C) groups is 1. The molecule has 0 aromatic heterocycles. The molecule has 0 radical (unpaired) electrons. The van der Waals surface area contributed by atoms with Crippen LogP contribution in [-0.4, -0.2) is 34.1 Å². The van der Waals surface area contributed by atoms with E-state index in [1.807, 2.05) is 12.1 Å². The third kappa shape index (κ3) is 4.82. The highest BCUT2D eigenvalue weighted by molar-refractivity contribution is 7.78. The van der Waals surface area contributed by atoms with Gasteiger partial charge in [0.05, 0.1) is 10.7 Å². The SMILES string of the molecule is NCCCCCC(N)N=C=S.O=C1OC2(c3ccc(O)cc3Oc3cc(O)ccc32)c2ccccc21. The molecule has 2 heterocycles. The standard InChI is InChI=1S/C20H12O5.C7H15N3S/c21-11-5-7-15-17(9-11)24-18-10-12(22)6-8-16(18)20(15)14-4-2-1-3-13(14)19(23)25-20;8-5-3-1-2-4-7(9)10-6-11/h1-10,21-22H;7H,1-5,8-9H2. The lowest BCUT2D eigenvalue weighted by atomic mass is 9.77. The molecule has 2 aliphatic heterocycles. The summed E-state index contributed by atoms with van der Waals surface area (Å²) in [6.45, 7) is 0.756. The van der Waals surface area contributed by atoms with Gasteiger partial charge in [-0.15, -0.1) is 0 Å². The van der Waals surface area contributed by atoms with Crippen LogP contribution in [0.1, 0.15) is 52.7 Å². The van der Waals surface area contributed by atoms with E-state index in [2.05, 4.69) is 22.4 Å². The van der Waals surface area contributed by atoms with Crippen molar-refractivity contribution in [2.45, 2.75) is 37.5 Å². The Labute approximate surface area is 214 Å². The van der Waals surface area contributed by atoms with Crippen LogP contribution in [-0.2, 0) is 10.3 Å². The summed E-state index contributed by atoms with van der Waals surface area (Å²) in [7, 11) is 0.